The molecule has 0 heterocycles. The number of rotatable bonds is 4. The third-order valence-electron chi connectivity index (χ3n) is 2.23. The third kappa shape index (κ3) is 3.04. The average molecular weight is 213 g/mol. The summed E-state index contributed by atoms with van der Waals surface area (Å²) in [7, 11) is 0. The van der Waals surface area contributed by atoms with E-state index in [0.29, 0.717) is 5.02 Å². The van der Waals surface area contributed by atoms with E-state index in [4.69, 9.17) is 16.7 Å². The summed E-state index contributed by atoms with van der Waals surface area (Å²) in [5.41, 5.74) is 1.00. The van der Waals surface area contributed by atoms with Crippen molar-refractivity contribution in [3.8, 4) is 0 Å². The minimum absolute atomic E-state index is 0.0613. The van der Waals surface area contributed by atoms with Crippen LogP contribution in [-0.4, -0.2) is 11.1 Å². The van der Waals surface area contributed by atoms with Crippen molar-refractivity contribution < 1.29 is 9.90 Å². The molecule has 0 spiro atoms. The summed E-state index contributed by atoms with van der Waals surface area (Å²) in [4.78, 5) is 10.6. The predicted octanol–water partition coefficient (Wildman–Crippen LogP) is 3.31. The van der Waals surface area contributed by atoms with E-state index in [-0.39, 0.29) is 12.3 Å². The number of hydrogen-bond donors (Lipinski definition) is 1. The fraction of sp³-hybridized carbons (Fsp3) is 0.364. The largest absolute Gasteiger partial charge is 0.481 e. The first kappa shape index (κ1) is 11.1. The van der Waals surface area contributed by atoms with Crippen molar-refractivity contribution in [2.45, 2.75) is 25.7 Å². The number of halogens is 1. The van der Waals surface area contributed by atoms with Crippen LogP contribution in [0.4, 0.5) is 0 Å². The van der Waals surface area contributed by atoms with Crippen LogP contribution < -0.4 is 0 Å². The van der Waals surface area contributed by atoms with Crippen LogP contribution in [0.1, 0.15) is 31.2 Å². The molecule has 0 aliphatic rings. The van der Waals surface area contributed by atoms with E-state index in [1.807, 2.05) is 25.1 Å². The number of carbonyl (C=O) groups is 1. The van der Waals surface area contributed by atoms with Gasteiger partial charge in [-0.3, -0.25) is 4.79 Å². The van der Waals surface area contributed by atoms with Crippen LogP contribution in [0.3, 0.4) is 0 Å². The average Bonchev–Trinajstić information content (AvgIpc) is 2.14. The van der Waals surface area contributed by atoms with Crippen LogP contribution in [0.25, 0.3) is 0 Å². The van der Waals surface area contributed by atoms with Gasteiger partial charge in [0.25, 0.3) is 0 Å². The van der Waals surface area contributed by atoms with Crippen molar-refractivity contribution >= 4 is 17.6 Å². The summed E-state index contributed by atoms with van der Waals surface area (Å²) >= 11 is 5.84. The summed E-state index contributed by atoms with van der Waals surface area (Å²) in [6, 6.07) is 7.39. The molecule has 0 fully saturated rings. The minimum Gasteiger partial charge on any atom is -0.481 e. The zero-order valence-electron chi connectivity index (χ0n) is 8.03. The van der Waals surface area contributed by atoms with E-state index < -0.39 is 5.97 Å². The Hall–Kier alpha value is -1.02. The smallest absolute Gasteiger partial charge is 0.303 e. The predicted molar refractivity (Wildman–Crippen MR) is 56.7 cm³/mol. The van der Waals surface area contributed by atoms with Crippen molar-refractivity contribution in [3.63, 3.8) is 0 Å². The molecular formula is C11H13ClO2. The second-order valence-electron chi connectivity index (χ2n) is 3.26. The number of carboxylic acids is 1. The van der Waals surface area contributed by atoms with Crippen LogP contribution in [0, 0.1) is 0 Å². The van der Waals surface area contributed by atoms with Gasteiger partial charge in [-0.05, 0) is 30.0 Å². The van der Waals surface area contributed by atoms with Gasteiger partial charge in [-0.15, -0.1) is 0 Å². The fourth-order valence-electron chi connectivity index (χ4n) is 1.47. The Labute approximate surface area is 88.5 Å². The molecule has 0 aliphatic carbocycles. The lowest BCUT2D eigenvalue weighted by molar-refractivity contribution is -0.137. The summed E-state index contributed by atoms with van der Waals surface area (Å²) in [6.07, 6.45) is 0.976. The van der Waals surface area contributed by atoms with Gasteiger partial charge < -0.3 is 5.11 Å². The summed E-state index contributed by atoms with van der Waals surface area (Å²) in [5, 5.41) is 9.37. The number of hydrogen-bond acceptors (Lipinski definition) is 1. The Morgan fingerprint density at radius 2 is 2.29 bits per heavy atom. The molecule has 1 N–H and O–H groups in total. The molecule has 0 saturated heterocycles. The van der Waals surface area contributed by atoms with E-state index in [9.17, 15) is 4.79 Å². The molecule has 0 bridgehead atoms. The molecule has 0 radical (unpaired) electrons. The molecule has 14 heavy (non-hydrogen) atoms. The highest BCUT2D eigenvalue weighted by Gasteiger charge is 2.13. The Bertz CT molecular complexity index is 323. The summed E-state index contributed by atoms with van der Waals surface area (Å²) in [5.74, 6) is -0.706. The van der Waals surface area contributed by atoms with Gasteiger partial charge in [-0.1, -0.05) is 30.7 Å². The Morgan fingerprint density at radius 3 is 2.79 bits per heavy atom. The quantitative estimate of drug-likeness (QED) is 0.832. The van der Waals surface area contributed by atoms with Gasteiger partial charge in [-0.25, -0.2) is 0 Å². The lowest BCUT2D eigenvalue weighted by Gasteiger charge is -2.12. The second-order valence-corrected chi connectivity index (χ2v) is 3.69. The Kier molecular flexibility index (Phi) is 3.96. The maximum absolute atomic E-state index is 10.6. The standard InChI is InChI=1S/C11H13ClO2/c1-2-8(7-11(13)14)9-4-3-5-10(12)6-9/h3-6,8H,2,7H2,1H3,(H,13,14). The topological polar surface area (TPSA) is 37.3 Å². The highest BCUT2D eigenvalue weighted by atomic mass is 35.5. The summed E-state index contributed by atoms with van der Waals surface area (Å²) < 4.78 is 0. The van der Waals surface area contributed by atoms with E-state index in [1.165, 1.54) is 0 Å². The normalized spacial score (nSPS) is 12.4. The molecule has 0 amide bonds. The van der Waals surface area contributed by atoms with Gasteiger partial charge in [0, 0.05) is 5.02 Å². The van der Waals surface area contributed by atoms with Crippen molar-refractivity contribution in [2.75, 3.05) is 0 Å². The lowest BCUT2D eigenvalue weighted by atomic mass is 9.93. The molecule has 1 rings (SSSR count). The molecule has 3 heteroatoms. The molecule has 1 atom stereocenters. The molecular weight excluding hydrogens is 200 g/mol. The zero-order chi connectivity index (χ0) is 10.6. The maximum Gasteiger partial charge on any atom is 0.303 e. The monoisotopic (exact) mass is 212 g/mol. The van der Waals surface area contributed by atoms with Crippen molar-refractivity contribution in [3.05, 3.63) is 34.9 Å². The third-order valence-corrected chi connectivity index (χ3v) is 2.47. The van der Waals surface area contributed by atoms with E-state index in [0.717, 1.165) is 12.0 Å². The van der Waals surface area contributed by atoms with E-state index >= 15 is 0 Å². The maximum atomic E-state index is 10.6. The van der Waals surface area contributed by atoms with E-state index in [1.54, 1.807) is 6.07 Å². The van der Waals surface area contributed by atoms with Crippen LogP contribution in [0.15, 0.2) is 24.3 Å². The zero-order valence-corrected chi connectivity index (χ0v) is 8.79. The van der Waals surface area contributed by atoms with Gasteiger partial charge in [-0.2, -0.15) is 0 Å². The van der Waals surface area contributed by atoms with Crippen molar-refractivity contribution in [2.24, 2.45) is 0 Å². The summed E-state index contributed by atoms with van der Waals surface area (Å²) in [6.45, 7) is 1.98. The van der Waals surface area contributed by atoms with Gasteiger partial charge >= 0.3 is 5.97 Å². The minimum atomic E-state index is -0.767. The molecule has 1 unspecified atom stereocenters. The first-order valence-corrected chi connectivity index (χ1v) is 4.98. The van der Waals surface area contributed by atoms with Gasteiger partial charge in [0.15, 0.2) is 0 Å². The second kappa shape index (κ2) is 5.01. The van der Waals surface area contributed by atoms with Crippen LogP contribution in [0.5, 0.6) is 0 Å². The molecule has 0 aliphatic heterocycles. The highest BCUT2D eigenvalue weighted by molar-refractivity contribution is 6.30. The van der Waals surface area contributed by atoms with Gasteiger partial charge in [0.1, 0.15) is 0 Å². The Morgan fingerprint density at radius 1 is 1.57 bits per heavy atom. The van der Waals surface area contributed by atoms with Gasteiger partial charge in [0.2, 0.25) is 0 Å². The number of benzene rings is 1. The first-order valence-electron chi connectivity index (χ1n) is 4.60. The van der Waals surface area contributed by atoms with Crippen LogP contribution >= 0.6 is 11.6 Å². The molecule has 1 aromatic carbocycles. The molecule has 76 valence electrons. The van der Waals surface area contributed by atoms with Crippen LogP contribution in [-0.2, 0) is 4.79 Å². The molecule has 0 saturated carbocycles. The molecule has 0 aromatic heterocycles. The molecule has 1 aromatic rings. The van der Waals surface area contributed by atoms with Crippen LogP contribution in [0.2, 0.25) is 5.02 Å². The SMILES string of the molecule is CCC(CC(=O)O)c1cccc(Cl)c1. The fourth-order valence-corrected chi connectivity index (χ4v) is 1.67. The van der Waals surface area contributed by atoms with Crippen molar-refractivity contribution in [1.82, 2.24) is 0 Å². The lowest BCUT2D eigenvalue weighted by Crippen LogP contribution is -2.05. The van der Waals surface area contributed by atoms with E-state index in [2.05, 4.69) is 0 Å². The molecule has 2 nitrogen and oxygen atoms in total. The first-order chi connectivity index (χ1) is 6.63. The van der Waals surface area contributed by atoms with Crippen molar-refractivity contribution in [1.29, 1.82) is 0 Å². The number of carboxylic acid groups (broad SMARTS) is 1. The van der Waals surface area contributed by atoms with Gasteiger partial charge in [0.05, 0.1) is 6.42 Å². The highest BCUT2D eigenvalue weighted by Crippen LogP contribution is 2.25. The Balaban J connectivity index is 2.83. The number of aliphatic carboxylic acids is 1.